The molecule has 5 heteroatoms. The minimum absolute atomic E-state index is 0.00745. The van der Waals surface area contributed by atoms with Gasteiger partial charge in [-0.15, -0.1) is 0 Å². The third kappa shape index (κ3) is 1.76. The van der Waals surface area contributed by atoms with E-state index in [9.17, 15) is 9.59 Å². The van der Waals surface area contributed by atoms with Gasteiger partial charge >= 0.3 is 0 Å². The molecule has 2 saturated carbocycles. The average Bonchev–Trinajstić information content (AvgIpc) is 3.04. The van der Waals surface area contributed by atoms with Crippen molar-refractivity contribution in [3.05, 3.63) is 29.8 Å². The highest BCUT2D eigenvalue weighted by atomic mass is 79.9. The van der Waals surface area contributed by atoms with Crippen molar-refractivity contribution in [3.8, 4) is 0 Å². The first-order chi connectivity index (χ1) is 10.0. The van der Waals surface area contributed by atoms with Crippen molar-refractivity contribution in [1.29, 1.82) is 0 Å². The lowest BCUT2D eigenvalue weighted by Crippen LogP contribution is -2.37. The second-order valence-electron chi connectivity index (χ2n) is 6.35. The first kappa shape index (κ1) is 13.9. The van der Waals surface area contributed by atoms with E-state index in [0.717, 1.165) is 17.7 Å². The number of benzene rings is 1. The number of halogens is 2. The molecule has 0 spiro atoms. The molecule has 3 fully saturated rings. The van der Waals surface area contributed by atoms with Crippen molar-refractivity contribution >= 4 is 49.4 Å². The summed E-state index contributed by atoms with van der Waals surface area (Å²) in [6.45, 7) is 1.97. The van der Waals surface area contributed by atoms with Crippen LogP contribution in [0, 0.1) is 30.6 Å². The molecule has 0 N–H and O–H groups in total. The van der Waals surface area contributed by atoms with E-state index in [1.807, 2.05) is 31.2 Å². The van der Waals surface area contributed by atoms with Crippen LogP contribution in [0.2, 0.25) is 0 Å². The second-order valence-corrected chi connectivity index (χ2v) is 8.47. The number of rotatable bonds is 1. The van der Waals surface area contributed by atoms with E-state index in [1.54, 1.807) is 0 Å². The van der Waals surface area contributed by atoms with Gasteiger partial charge in [0.1, 0.15) is 0 Å². The quantitative estimate of drug-likeness (QED) is 0.524. The SMILES string of the molecule is Cc1cccc(N2C(=O)[C@@H]3[C@@H]4C[C@H]([C@H](Br)[C@@H]4Br)[C@@H]3C2=O)c1. The summed E-state index contributed by atoms with van der Waals surface area (Å²) in [5, 5.41) is 0. The van der Waals surface area contributed by atoms with E-state index in [2.05, 4.69) is 31.9 Å². The van der Waals surface area contributed by atoms with E-state index in [-0.39, 0.29) is 45.1 Å². The lowest BCUT2D eigenvalue weighted by molar-refractivity contribution is -0.123. The predicted molar refractivity (Wildman–Crippen MR) is 87.7 cm³/mol. The molecule has 2 amide bonds. The van der Waals surface area contributed by atoms with Gasteiger partial charge in [0.05, 0.1) is 17.5 Å². The van der Waals surface area contributed by atoms with E-state index in [0.29, 0.717) is 0 Å². The van der Waals surface area contributed by atoms with Crippen LogP contribution in [0.4, 0.5) is 5.69 Å². The predicted octanol–water partition coefficient (Wildman–Crippen LogP) is 3.28. The first-order valence-electron chi connectivity index (χ1n) is 7.23. The first-order valence-corrected chi connectivity index (χ1v) is 9.06. The second kappa shape index (κ2) is 4.66. The monoisotopic (exact) mass is 411 g/mol. The lowest BCUT2D eigenvalue weighted by Gasteiger charge is -2.28. The van der Waals surface area contributed by atoms with Crippen molar-refractivity contribution in [2.45, 2.75) is 23.0 Å². The van der Waals surface area contributed by atoms with E-state index in [4.69, 9.17) is 0 Å². The molecule has 2 aliphatic carbocycles. The summed E-state index contributed by atoms with van der Waals surface area (Å²) in [4.78, 5) is 27.6. The highest BCUT2D eigenvalue weighted by molar-refractivity contribution is 9.12. The number of nitrogens with zero attached hydrogens (tertiary/aromatic N) is 1. The van der Waals surface area contributed by atoms with Crippen molar-refractivity contribution in [3.63, 3.8) is 0 Å². The third-order valence-corrected chi connectivity index (χ3v) is 8.45. The molecule has 6 atom stereocenters. The molecule has 1 aliphatic heterocycles. The molecule has 3 aliphatic rings. The van der Waals surface area contributed by atoms with Gasteiger partial charge in [-0.25, -0.2) is 0 Å². The normalized spacial score (nSPS) is 41.0. The lowest BCUT2D eigenvalue weighted by atomic mass is 9.81. The van der Waals surface area contributed by atoms with Crippen LogP contribution in [0.25, 0.3) is 0 Å². The van der Waals surface area contributed by atoms with Gasteiger partial charge in [0.15, 0.2) is 0 Å². The molecule has 0 radical (unpaired) electrons. The Bertz CT molecular complexity index is 615. The Kier molecular flexibility index (Phi) is 3.09. The van der Waals surface area contributed by atoms with Gasteiger partial charge in [0.25, 0.3) is 0 Å². The van der Waals surface area contributed by atoms with Crippen molar-refractivity contribution in [2.75, 3.05) is 4.90 Å². The van der Waals surface area contributed by atoms with Crippen LogP contribution in [0.15, 0.2) is 24.3 Å². The molecule has 1 heterocycles. The molecular weight excluding hydrogens is 398 g/mol. The highest BCUT2D eigenvalue weighted by Crippen LogP contribution is 2.60. The molecular formula is C16H15Br2NO2. The van der Waals surface area contributed by atoms with Gasteiger partial charge in [0, 0.05) is 9.65 Å². The highest BCUT2D eigenvalue weighted by Gasteiger charge is 2.66. The Morgan fingerprint density at radius 1 is 1.05 bits per heavy atom. The van der Waals surface area contributed by atoms with Crippen molar-refractivity contribution < 1.29 is 9.59 Å². The minimum atomic E-state index is -0.138. The fourth-order valence-electron chi connectivity index (χ4n) is 4.37. The summed E-state index contributed by atoms with van der Waals surface area (Å²) in [7, 11) is 0. The maximum atomic E-state index is 12.8. The maximum absolute atomic E-state index is 12.8. The van der Waals surface area contributed by atoms with Crippen LogP contribution in [0.5, 0.6) is 0 Å². The Balaban J connectivity index is 1.75. The minimum Gasteiger partial charge on any atom is -0.274 e. The van der Waals surface area contributed by atoms with Crippen molar-refractivity contribution in [1.82, 2.24) is 0 Å². The molecule has 110 valence electrons. The summed E-state index contributed by atoms with van der Waals surface area (Å²) in [6, 6.07) is 7.63. The van der Waals surface area contributed by atoms with Gasteiger partial charge in [-0.2, -0.15) is 0 Å². The number of alkyl halides is 2. The van der Waals surface area contributed by atoms with Gasteiger partial charge < -0.3 is 0 Å². The number of carbonyl (C=O) groups excluding carboxylic acids is 2. The zero-order valence-electron chi connectivity index (χ0n) is 11.5. The van der Waals surface area contributed by atoms with E-state index in [1.165, 1.54) is 4.90 Å². The molecule has 2 bridgehead atoms. The number of carbonyl (C=O) groups is 2. The summed E-state index contributed by atoms with van der Waals surface area (Å²) in [6.07, 6.45) is 0.973. The number of hydrogen-bond acceptors (Lipinski definition) is 2. The largest absolute Gasteiger partial charge is 0.274 e. The summed E-state index contributed by atoms with van der Waals surface area (Å²) in [5.74, 6) is 0.257. The van der Waals surface area contributed by atoms with Crippen LogP contribution in [0.3, 0.4) is 0 Å². The summed E-state index contributed by atoms with van der Waals surface area (Å²) < 4.78 is 0. The van der Waals surface area contributed by atoms with Crippen LogP contribution in [0.1, 0.15) is 12.0 Å². The molecule has 1 aromatic carbocycles. The fraction of sp³-hybridized carbons (Fsp3) is 0.500. The van der Waals surface area contributed by atoms with Crippen LogP contribution < -0.4 is 4.90 Å². The van der Waals surface area contributed by atoms with E-state index < -0.39 is 0 Å². The smallest absolute Gasteiger partial charge is 0.238 e. The molecule has 0 unspecified atom stereocenters. The Labute approximate surface area is 140 Å². The average molecular weight is 413 g/mol. The Morgan fingerprint density at radius 2 is 1.62 bits per heavy atom. The summed E-state index contributed by atoms with van der Waals surface area (Å²) in [5.41, 5.74) is 1.78. The Hall–Kier alpha value is -0.680. The van der Waals surface area contributed by atoms with Gasteiger partial charge in [0.2, 0.25) is 11.8 Å². The van der Waals surface area contributed by atoms with Crippen LogP contribution >= 0.6 is 31.9 Å². The maximum Gasteiger partial charge on any atom is 0.238 e. The number of amides is 2. The zero-order valence-corrected chi connectivity index (χ0v) is 14.7. The number of aryl methyl sites for hydroxylation is 1. The Morgan fingerprint density at radius 3 is 2.14 bits per heavy atom. The van der Waals surface area contributed by atoms with Gasteiger partial charge in [-0.3, -0.25) is 14.5 Å². The molecule has 4 rings (SSSR count). The van der Waals surface area contributed by atoms with Crippen LogP contribution in [-0.2, 0) is 9.59 Å². The molecule has 0 aromatic heterocycles. The van der Waals surface area contributed by atoms with Crippen molar-refractivity contribution in [2.24, 2.45) is 23.7 Å². The standard InChI is InChI=1S/C16H15Br2NO2/c1-7-3-2-4-8(5-7)19-15(20)11-9-6-10(12(11)16(19)21)14(18)13(9)17/h2-5,9-14H,6H2,1H3/t9-,10-,11-,12+,13-,14+/m0/s1. The van der Waals surface area contributed by atoms with Crippen LogP contribution in [-0.4, -0.2) is 21.5 Å². The molecule has 21 heavy (non-hydrogen) atoms. The van der Waals surface area contributed by atoms with Gasteiger partial charge in [-0.05, 0) is 42.9 Å². The number of anilines is 1. The number of hydrogen-bond donors (Lipinski definition) is 0. The number of fused-ring (bicyclic) bond motifs is 5. The third-order valence-electron chi connectivity index (χ3n) is 5.25. The summed E-state index contributed by atoms with van der Waals surface area (Å²) >= 11 is 7.41. The molecule has 1 aromatic rings. The molecule has 1 saturated heterocycles. The number of imide groups is 1. The zero-order chi connectivity index (χ0) is 14.9. The topological polar surface area (TPSA) is 37.4 Å². The van der Waals surface area contributed by atoms with E-state index >= 15 is 0 Å². The van der Waals surface area contributed by atoms with Gasteiger partial charge in [-0.1, -0.05) is 44.0 Å². The fourth-order valence-corrected chi connectivity index (χ4v) is 6.24. The molecule has 3 nitrogen and oxygen atoms in total.